The fraction of sp³-hybridized carbons (Fsp3) is 0.231. The number of hydrogen-bond donors (Lipinski definition) is 3. The van der Waals surface area contributed by atoms with Crippen molar-refractivity contribution in [1.82, 2.24) is 4.72 Å². The summed E-state index contributed by atoms with van der Waals surface area (Å²) in [6, 6.07) is 6.97. The smallest absolute Gasteiger partial charge is 0.240 e. The maximum absolute atomic E-state index is 12.2. The highest BCUT2D eigenvalue weighted by atomic mass is 32.2. The van der Waals surface area contributed by atoms with E-state index in [0.29, 0.717) is 12.2 Å². The van der Waals surface area contributed by atoms with Gasteiger partial charge in [0.25, 0.3) is 0 Å². The van der Waals surface area contributed by atoms with Crippen LogP contribution in [0.2, 0.25) is 0 Å². The van der Waals surface area contributed by atoms with Crippen LogP contribution in [0.1, 0.15) is 12.7 Å². The normalized spacial score (nSPS) is 13.2. The Hall–Kier alpha value is -1.99. The summed E-state index contributed by atoms with van der Waals surface area (Å²) in [4.78, 5) is 0.0131. The van der Waals surface area contributed by atoms with E-state index in [1.165, 1.54) is 24.5 Å². The third kappa shape index (κ3) is 3.31. The Morgan fingerprint density at radius 3 is 2.75 bits per heavy atom. The Morgan fingerprint density at radius 2 is 2.15 bits per heavy atom. The van der Waals surface area contributed by atoms with Crippen LogP contribution in [-0.2, 0) is 16.4 Å². The number of sulfonamides is 1. The lowest BCUT2D eigenvalue weighted by Crippen LogP contribution is -2.34. The molecule has 0 spiro atoms. The Bertz CT molecular complexity index is 680. The zero-order chi connectivity index (χ0) is 14.8. The molecule has 0 aliphatic carbocycles. The lowest BCUT2D eigenvalue weighted by Gasteiger charge is -2.13. The van der Waals surface area contributed by atoms with E-state index in [4.69, 9.17) is 10.2 Å². The van der Waals surface area contributed by atoms with Gasteiger partial charge in [0, 0.05) is 12.5 Å². The third-order valence-electron chi connectivity index (χ3n) is 2.75. The van der Waals surface area contributed by atoms with Crippen LogP contribution < -0.4 is 10.5 Å². The van der Waals surface area contributed by atoms with E-state index in [1.807, 2.05) is 0 Å². The first-order valence-corrected chi connectivity index (χ1v) is 7.50. The molecule has 1 unspecified atom stereocenters. The van der Waals surface area contributed by atoms with Gasteiger partial charge in [-0.1, -0.05) is 0 Å². The Labute approximate surface area is 117 Å². The Morgan fingerprint density at radius 1 is 1.40 bits per heavy atom. The van der Waals surface area contributed by atoms with Crippen molar-refractivity contribution in [2.24, 2.45) is 0 Å². The molecule has 4 N–H and O–H groups in total. The molecule has 0 radical (unpaired) electrons. The molecule has 1 heterocycles. The minimum Gasteiger partial charge on any atom is -0.506 e. The van der Waals surface area contributed by atoms with Crippen molar-refractivity contribution < 1.29 is 17.9 Å². The van der Waals surface area contributed by atoms with Crippen molar-refractivity contribution in [3.05, 3.63) is 42.4 Å². The average molecular weight is 296 g/mol. The predicted octanol–water partition coefficient (Wildman–Crippen LogP) is 1.48. The first-order valence-electron chi connectivity index (χ1n) is 6.01. The van der Waals surface area contributed by atoms with E-state index >= 15 is 0 Å². The van der Waals surface area contributed by atoms with Crippen molar-refractivity contribution >= 4 is 15.7 Å². The minimum atomic E-state index is -3.68. The first-order chi connectivity index (χ1) is 9.38. The molecule has 0 saturated heterocycles. The lowest BCUT2D eigenvalue weighted by molar-refractivity contribution is 0.477. The molecule has 0 aliphatic rings. The number of furan rings is 1. The van der Waals surface area contributed by atoms with Gasteiger partial charge in [-0.05, 0) is 37.3 Å². The number of rotatable bonds is 5. The van der Waals surface area contributed by atoms with Gasteiger partial charge >= 0.3 is 0 Å². The summed E-state index contributed by atoms with van der Waals surface area (Å²) >= 11 is 0. The topological polar surface area (TPSA) is 106 Å². The molecule has 6 nitrogen and oxygen atoms in total. The summed E-state index contributed by atoms with van der Waals surface area (Å²) in [6.07, 6.45) is 1.98. The molecule has 0 aliphatic heterocycles. The molecule has 1 aromatic heterocycles. The zero-order valence-electron chi connectivity index (χ0n) is 10.9. The second-order valence-corrected chi connectivity index (χ2v) is 6.24. The van der Waals surface area contributed by atoms with Gasteiger partial charge in [-0.3, -0.25) is 0 Å². The average Bonchev–Trinajstić information content (AvgIpc) is 2.84. The van der Waals surface area contributed by atoms with Gasteiger partial charge in [-0.2, -0.15) is 0 Å². The van der Waals surface area contributed by atoms with Crippen molar-refractivity contribution in [1.29, 1.82) is 0 Å². The van der Waals surface area contributed by atoms with Crippen LogP contribution >= 0.6 is 0 Å². The van der Waals surface area contributed by atoms with E-state index in [0.717, 1.165) is 0 Å². The van der Waals surface area contributed by atoms with E-state index in [-0.39, 0.29) is 22.4 Å². The van der Waals surface area contributed by atoms with Gasteiger partial charge in [-0.25, -0.2) is 13.1 Å². The van der Waals surface area contributed by atoms with E-state index < -0.39 is 10.0 Å². The molecule has 1 atom stereocenters. The highest BCUT2D eigenvalue weighted by Crippen LogP contribution is 2.23. The molecule has 0 amide bonds. The highest BCUT2D eigenvalue weighted by Gasteiger charge is 2.19. The molecule has 0 fully saturated rings. The molecule has 0 bridgehead atoms. The van der Waals surface area contributed by atoms with Crippen LogP contribution in [0.5, 0.6) is 5.75 Å². The zero-order valence-corrected chi connectivity index (χ0v) is 11.7. The molecular weight excluding hydrogens is 280 g/mol. The molecular formula is C13H16N2O4S. The number of anilines is 1. The molecule has 7 heteroatoms. The molecule has 20 heavy (non-hydrogen) atoms. The van der Waals surface area contributed by atoms with E-state index in [9.17, 15) is 13.5 Å². The minimum absolute atomic E-state index is 0.0131. The maximum atomic E-state index is 12.2. The van der Waals surface area contributed by atoms with Gasteiger partial charge in [-0.15, -0.1) is 0 Å². The number of nitrogen functional groups attached to an aromatic ring is 1. The van der Waals surface area contributed by atoms with E-state index in [2.05, 4.69) is 4.72 Å². The second kappa shape index (κ2) is 5.56. The van der Waals surface area contributed by atoms with Crippen LogP contribution in [0.3, 0.4) is 0 Å². The van der Waals surface area contributed by atoms with Gasteiger partial charge in [0.05, 0.1) is 16.8 Å². The second-order valence-electron chi connectivity index (χ2n) is 4.53. The number of nitrogens with two attached hydrogens (primary N) is 1. The first kappa shape index (κ1) is 14.4. The molecule has 2 rings (SSSR count). The highest BCUT2D eigenvalue weighted by molar-refractivity contribution is 7.89. The number of nitrogens with one attached hydrogen (secondary N) is 1. The predicted molar refractivity (Wildman–Crippen MR) is 74.7 cm³/mol. The van der Waals surface area contributed by atoms with Crippen LogP contribution in [0.15, 0.2) is 45.9 Å². The monoisotopic (exact) mass is 296 g/mol. The van der Waals surface area contributed by atoms with Gasteiger partial charge < -0.3 is 15.3 Å². The summed E-state index contributed by atoms with van der Waals surface area (Å²) in [7, 11) is -3.68. The van der Waals surface area contributed by atoms with Gasteiger partial charge in [0.15, 0.2) is 0 Å². The van der Waals surface area contributed by atoms with Crippen LogP contribution in [-0.4, -0.2) is 19.6 Å². The Balaban J connectivity index is 2.12. The molecule has 1 aromatic carbocycles. The quantitative estimate of drug-likeness (QED) is 0.572. The molecule has 108 valence electrons. The van der Waals surface area contributed by atoms with Crippen molar-refractivity contribution in [2.75, 3.05) is 5.73 Å². The number of phenolic OH excluding ortho intramolecular Hbond substituents is 1. The van der Waals surface area contributed by atoms with Gasteiger partial charge in [0.1, 0.15) is 11.5 Å². The van der Waals surface area contributed by atoms with Crippen LogP contribution in [0, 0.1) is 0 Å². The maximum Gasteiger partial charge on any atom is 0.240 e. The third-order valence-corrected chi connectivity index (χ3v) is 4.34. The number of phenols is 1. The fourth-order valence-electron chi connectivity index (χ4n) is 1.80. The van der Waals surface area contributed by atoms with Crippen LogP contribution in [0.25, 0.3) is 0 Å². The van der Waals surface area contributed by atoms with Crippen molar-refractivity contribution in [2.45, 2.75) is 24.3 Å². The standard InChI is InChI=1S/C13H16N2O4S/c1-9(7-10-3-2-6-19-10)15-20(17,18)11-4-5-13(16)12(14)8-11/h2-6,8-9,15-16H,7,14H2,1H3. The van der Waals surface area contributed by atoms with Crippen LogP contribution in [0.4, 0.5) is 5.69 Å². The van der Waals surface area contributed by atoms with E-state index in [1.54, 1.807) is 19.1 Å². The number of aromatic hydroxyl groups is 1. The summed E-state index contributed by atoms with van der Waals surface area (Å²) in [5.41, 5.74) is 5.52. The summed E-state index contributed by atoms with van der Waals surface area (Å²) in [5.74, 6) is 0.554. The summed E-state index contributed by atoms with van der Waals surface area (Å²) in [6.45, 7) is 1.74. The lowest BCUT2D eigenvalue weighted by atomic mass is 10.2. The Kier molecular flexibility index (Phi) is 4.01. The SMILES string of the molecule is CC(Cc1ccco1)NS(=O)(=O)c1ccc(O)c(N)c1. The molecule has 0 saturated carbocycles. The van der Waals surface area contributed by atoms with Crippen molar-refractivity contribution in [3.8, 4) is 5.75 Å². The number of hydrogen-bond acceptors (Lipinski definition) is 5. The largest absolute Gasteiger partial charge is 0.506 e. The number of benzene rings is 1. The van der Waals surface area contributed by atoms with Crippen molar-refractivity contribution in [3.63, 3.8) is 0 Å². The fourth-order valence-corrected chi connectivity index (χ4v) is 3.08. The van der Waals surface area contributed by atoms with Gasteiger partial charge in [0.2, 0.25) is 10.0 Å². The summed E-state index contributed by atoms with van der Waals surface area (Å²) in [5, 5.41) is 9.31. The molecule has 2 aromatic rings. The summed E-state index contributed by atoms with van der Waals surface area (Å²) < 4.78 is 32.0.